The van der Waals surface area contributed by atoms with E-state index in [0.717, 1.165) is 45.1 Å². The van der Waals surface area contributed by atoms with Gasteiger partial charge in [-0.05, 0) is 44.4 Å². The monoisotopic (exact) mass is 241 g/mol. The Bertz CT molecular complexity index is 266. The molecule has 0 radical (unpaired) electrons. The van der Waals surface area contributed by atoms with Crippen LogP contribution < -0.4 is 5.73 Å². The van der Waals surface area contributed by atoms with Crippen molar-refractivity contribution in [2.75, 3.05) is 13.2 Å². The molecule has 0 spiro atoms. The SMILES string of the molecule is CC1CCC(N)(C(=O)OCC2CCCO2)CC1. The molecule has 2 rings (SSSR count). The van der Waals surface area contributed by atoms with Crippen LogP contribution in [0.5, 0.6) is 0 Å². The molecule has 0 aromatic heterocycles. The highest BCUT2D eigenvalue weighted by atomic mass is 16.6. The van der Waals surface area contributed by atoms with E-state index in [-0.39, 0.29) is 12.1 Å². The fraction of sp³-hybridized carbons (Fsp3) is 0.923. The highest BCUT2D eigenvalue weighted by Crippen LogP contribution is 2.31. The molecule has 1 heterocycles. The molecular formula is C13H23NO3. The largest absolute Gasteiger partial charge is 0.462 e. The molecule has 1 atom stereocenters. The number of carbonyl (C=O) groups is 1. The molecule has 2 aliphatic rings. The summed E-state index contributed by atoms with van der Waals surface area (Å²) in [6.45, 7) is 3.36. The van der Waals surface area contributed by atoms with E-state index < -0.39 is 5.54 Å². The number of nitrogens with two attached hydrogens (primary N) is 1. The Morgan fingerprint density at radius 1 is 1.41 bits per heavy atom. The number of esters is 1. The molecule has 17 heavy (non-hydrogen) atoms. The van der Waals surface area contributed by atoms with E-state index in [4.69, 9.17) is 15.2 Å². The van der Waals surface area contributed by atoms with Crippen LogP contribution in [0.25, 0.3) is 0 Å². The fourth-order valence-electron chi connectivity index (χ4n) is 2.57. The molecule has 98 valence electrons. The zero-order chi connectivity index (χ0) is 12.3. The second kappa shape index (κ2) is 5.36. The summed E-state index contributed by atoms with van der Waals surface area (Å²) in [7, 11) is 0. The lowest BCUT2D eigenvalue weighted by Gasteiger charge is -2.33. The highest BCUT2D eigenvalue weighted by Gasteiger charge is 2.39. The van der Waals surface area contributed by atoms with Crippen LogP contribution in [0, 0.1) is 5.92 Å². The predicted octanol–water partition coefficient (Wildman–Crippen LogP) is 1.62. The Morgan fingerprint density at radius 3 is 2.71 bits per heavy atom. The third kappa shape index (κ3) is 3.19. The normalized spacial score (nSPS) is 38.0. The molecule has 1 aliphatic heterocycles. The Labute approximate surface area is 103 Å². The summed E-state index contributed by atoms with van der Waals surface area (Å²) in [5.41, 5.74) is 5.39. The Balaban J connectivity index is 1.78. The smallest absolute Gasteiger partial charge is 0.326 e. The van der Waals surface area contributed by atoms with E-state index in [9.17, 15) is 4.79 Å². The molecule has 0 aromatic carbocycles. The second-order valence-corrected chi connectivity index (χ2v) is 5.57. The molecule has 4 heteroatoms. The lowest BCUT2D eigenvalue weighted by Crippen LogP contribution is -2.51. The van der Waals surface area contributed by atoms with E-state index in [1.807, 2.05) is 0 Å². The first-order valence-corrected chi connectivity index (χ1v) is 6.68. The van der Waals surface area contributed by atoms with E-state index in [0.29, 0.717) is 12.5 Å². The Kier molecular flexibility index (Phi) is 4.05. The summed E-state index contributed by atoms with van der Waals surface area (Å²) in [4.78, 5) is 12.0. The molecule has 4 nitrogen and oxygen atoms in total. The van der Waals surface area contributed by atoms with Gasteiger partial charge in [0.05, 0.1) is 6.10 Å². The van der Waals surface area contributed by atoms with Crippen LogP contribution in [-0.2, 0) is 14.3 Å². The van der Waals surface area contributed by atoms with Crippen molar-refractivity contribution in [1.29, 1.82) is 0 Å². The second-order valence-electron chi connectivity index (χ2n) is 5.57. The van der Waals surface area contributed by atoms with Crippen molar-refractivity contribution in [3.05, 3.63) is 0 Å². The van der Waals surface area contributed by atoms with Gasteiger partial charge >= 0.3 is 5.97 Å². The molecular weight excluding hydrogens is 218 g/mol. The lowest BCUT2D eigenvalue weighted by atomic mass is 9.78. The first-order valence-electron chi connectivity index (χ1n) is 6.68. The average molecular weight is 241 g/mol. The van der Waals surface area contributed by atoms with E-state index in [2.05, 4.69) is 6.92 Å². The molecule has 0 bridgehead atoms. The Morgan fingerprint density at radius 2 is 2.12 bits per heavy atom. The maximum atomic E-state index is 12.0. The van der Waals surface area contributed by atoms with Crippen LogP contribution in [0.2, 0.25) is 0 Å². The van der Waals surface area contributed by atoms with Crippen LogP contribution >= 0.6 is 0 Å². The Hall–Kier alpha value is -0.610. The van der Waals surface area contributed by atoms with Gasteiger partial charge in [-0.25, -0.2) is 0 Å². The molecule has 2 fully saturated rings. The lowest BCUT2D eigenvalue weighted by molar-refractivity contribution is -0.155. The minimum Gasteiger partial charge on any atom is -0.462 e. The van der Waals surface area contributed by atoms with E-state index in [1.54, 1.807) is 0 Å². The first-order chi connectivity index (χ1) is 8.10. The topological polar surface area (TPSA) is 61.6 Å². The van der Waals surface area contributed by atoms with Crippen molar-refractivity contribution in [2.24, 2.45) is 11.7 Å². The average Bonchev–Trinajstić information content (AvgIpc) is 2.83. The summed E-state index contributed by atoms with van der Waals surface area (Å²) >= 11 is 0. The fourth-order valence-corrected chi connectivity index (χ4v) is 2.57. The molecule has 1 aliphatic carbocycles. The molecule has 1 unspecified atom stereocenters. The van der Waals surface area contributed by atoms with Crippen LogP contribution in [-0.4, -0.2) is 30.8 Å². The molecule has 2 N–H and O–H groups in total. The third-order valence-electron chi connectivity index (χ3n) is 4.00. The number of rotatable bonds is 3. The third-order valence-corrected chi connectivity index (χ3v) is 4.00. The predicted molar refractivity (Wildman–Crippen MR) is 64.5 cm³/mol. The zero-order valence-corrected chi connectivity index (χ0v) is 10.6. The highest BCUT2D eigenvalue weighted by molar-refractivity contribution is 5.80. The van der Waals surface area contributed by atoms with Gasteiger partial charge in [0, 0.05) is 6.61 Å². The molecule has 1 saturated heterocycles. The van der Waals surface area contributed by atoms with Crippen LogP contribution in [0.15, 0.2) is 0 Å². The van der Waals surface area contributed by atoms with Gasteiger partial charge in [0.1, 0.15) is 12.1 Å². The van der Waals surface area contributed by atoms with Crippen molar-refractivity contribution in [1.82, 2.24) is 0 Å². The standard InChI is InChI=1S/C13H23NO3/c1-10-4-6-13(14,7-5-10)12(15)17-9-11-3-2-8-16-11/h10-11H,2-9,14H2,1H3. The van der Waals surface area contributed by atoms with E-state index in [1.165, 1.54) is 0 Å². The molecule has 1 saturated carbocycles. The number of ether oxygens (including phenoxy) is 2. The van der Waals surface area contributed by atoms with Crippen molar-refractivity contribution < 1.29 is 14.3 Å². The maximum Gasteiger partial charge on any atom is 0.326 e. The van der Waals surface area contributed by atoms with Gasteiger partial charge in [0.2, 0.25) is 0 Å². The number of hydrogen-bond acceptors (Lipinski definition) is 4. The molecule has 0 amide bonds. The maximum absolute atomic E-state index is 12.0. The van der Waals surface area contributed by atoms with E-state index >= 15 is 0 Å². The van der Waals surface area contributed by atoms with Crippen molar-refractivity contribution >= 4 is 5.97 Å². The minimum absolute atomic E-state index is 0.0880. The van der Waals surface area contributed by atoms with Crippen LogP contribution in [0.4, 0.5) is 0 Å². The van der Waals surface area contributed by atoms with Gasteiger partial charge in [0.25, 0.3) is 0 Å². The first kappa shape index (κ1) is 12.8. The summed E-state index contributed by atoms with van der Waals surface area (Å²) in [6.07, 6.45) is 5.67. The van der Waals surface area contributed by atoms with Gasteiger partial charge < -0.3 is 15.2 Å². The molecule has 0 aromatic rings. The minimum atomic E-state index is -0.745. The van der Waals surface area contributed by atoms with Crippen molar-refractivity contribution in [2.45, 2.75) is 57.1 Å². The quantitative estimate of drug-likeness (QED) is 0.763. The summed E-state index contributed by atoms with van der Waals surface area (Å²) in [6, 6.07) is 0. The zero-order valence-electron chi connectivity index (χ0n) is 10.6. The summed E-state index contributed by atoms with van der Waals surface area (Å²) in [5.74, 6) is 0.442. The van der Waals surface area contributed by atoms with Crippen LogP contribution in [0.1, 0.15) is 45.4 Å². The van der Waals surface area contributed by atoms with Crippen molar-refractivity contribution in [3.63, 3.8) is 0 Å². The van der Waals surface area contributed by atoms with Gasteiger partial charge in [-0.3, -0.25) is 4.79 Å². The van der Waals surface area contributed by atoms with Crippen LogP contribution in [0.3, 0.4) is 0 Å². The summed E-state index contributed by atoms with van der Waals surface area (Å²) < 4.78 is 10.7. The van der Waals surface area contributed by atoms with Gasteiger partial charge in [0.15, 0.2) is 0 Å². The van der Waals surface area contributed by atoms with Gasteiger partial charge in [-0.15, -0.1) is 0 Å². The van der Waals surface area contributed by atoms with Crippen molar-refractivity contribution in [3.8, 4) is 0 Å². The number of hydrogen-bond donors (Lipinski definition) is 1. The van der Waals surface area contributed by atoms with Gasteiger partial charge in [-0.1, -0.05) is 6.92 Å². The summed E-state index contributed by atoms with van der Waals surface area (Å²) in [5, 5.41) is 0. The number of carbonyl (C=O) groups excluding carboxylic acids is 1. The van der Waals surface area contributed by atoms with Gasteiger partial charge in [-0.2, -0.15) is 0 Å².